The van der Waals surface area contributed by atoms with Gasteiger partial charge in [-0.1, -0.05) is 0 Å². The van der Waals surface area contributed by atoms with Crippen LogP contribution in [0.2, 0.25) is 0 Å². The topological polar surface area (TPSA) is 42.7 Å². The van der Waals surface area contributed by atoms with Crippen LogP contribution in [0.25, 0.3) is 0 Å². The second-order valence-electron chi connectivity index (χ2n) is 4.72. The largest absolute Gasteiger partial charge is 0.375 e. The first-order valence-corrected chi connectivity index (χ1v) is 6.45. The Hall–Kier alpha value is -2.05. The van der Waals surface area contributed by atoms with Gasteiger partial charge in [-0.05, 0) is 25.0 Å². The maximum atomic E-state index is 13.5. The molecule has 20 heavy (non-hydrogen) atoms. The third-order valence-electron chi connectivity index (χ3n) is 3.41. The molecule has 1 aliphatic rings. The molecule has 0 fully saturated rings. The van der Waals surface area contributed by atoms with E-state index in [0.29, 0.717) is 5.82 Å². The van der Waals surface area contributed by atoms with Gasteiger partial charge in [-0.25, -0.2) is 13.2 Å². The Morgan fingerprint density at radius 2 is 1.95 bits per heavy atom. The quantitative estimate of drug-likeness (QED) is 0.880. The van der Waals surface area contributed by atoms with E-state index in [1.54, 1.807) is 0 Å². The van der Waals surface area contributed by atoms with Gasteiger partial charge in [0.2, 0.25) is 0 Å². The Kier molecular flexibility index (Phi) is 3.33. The second kappa shape index (κ2) is 5.15. The zero-order valence-electron chi connectivity index (χ0n) is 10.7. The average molecular weight is 282 g/mol. The van der Waals surface area contributed by atoms with Gasteiger partial charge >= 0.3 is 0 Å². The van der Waals surface area contributed by atoms with E-state index in [-0.39, 0.29) is 12.2 Å². The molecule has 2 heterocycles. The first-order valence-electron chi connectivity index (χ1n) is 6.45. The Bertz CT molecular complexity index is 639. The van der Waals surface area contributed by atoms with Crippen LogP contribution < -0.4 is 5.32 Å². The molecule has 0 saturated carbocycles. The van der Waals surface area contributed by atoms with E-state index in [9.17, 15) is 13.2 Å². The Balaban J connectivity index is 1.77. The predicted octanol–water partition coefficient (Wildman–Crippen LogP) is 2.64. The molecular formula is C13H13F3N4. The van der Waals surface area contributed by atoms with E-state index < -0.39 is 17.5 Å². The van der Waals surface area contributed by atoms with Gasteiger partial charge in [0.05, 0.1) is 12.2 Å². The summed E-state index contributed by atoms with van der Waals surface area (Å²) in [6.45, 7) is 1.05. The van der Waals surface area contributed by atoms with E-state index in [4.69, 9.17) is 0 Å². The second-order valence-corrected chi connectivity index (χ2v) is 4.72. The third-order valence-corrected chi connectivity index (χ3v) is 3.41. The van der Waals surface area contributed by atoms with Gasteiger partial charge < -0.3 is 9.88 Å². The maximum absolute atomic E-state index is 13.5. The Morgan fingerprint density at radius 1 is 1.10 bits per heavy atom. The summed E-state index contributed by atoms with van der Waals surface area (Å²) >= 11 is 0. The number of nitrogens with one attached hydrogen (secondary N) is 1. The summed E-state index contributed by atoms with van der Waals surface area (Å²) in [5, 5.41) is 10.8. The van der Waals surface area contributed by atoms with Crippen molar-refractivity contribution in [3.63, 3.8) is 0 Å². The van der Waals surface area contributed by atoms with Crippen molar-refractivity contribution in [1.82, 2.24) is 14.8 Å². The molecule has 3 rings (SSSR count). The zero-order chi connectivity index (χ0) is 14.1. The van der Waals surface area contributed by atoms with E-state index in [2.05, 4.69) is 15.5 Å². The average Bonchev–Trinajstić information content (AvgIpc) is 2.87. The molecule has 1 aliphatic heterocycles. The van der Waals surface area contributed by atoms with E-state index >= 15 is 0 Å². The van der Waals surface area contributed by atoms with Gasteiger partial charge in [0, 0.05) is 13.0 Å². The number of benzene rings is 1. The first-order chi connectivity index (χ1) is 9.66. The van der Waals surface area contributed by atoms with Gasteiger partial charge in [0.15, 0.2) is 23.3 Å². The number of nitrogens with zero attached hydrogens (tertiary/aromatic N) is 3. The van der Waals surface area contributed by atoms with Crippen LogP contribution in [0, 0.1) is 17.5 Å². The summed E-state index contributed by atoms with van der Waals surface area (Å²) < 4.78 is 41.4. The van der Waals surface area contributed by atoms with Crippen molar-refractivity contribution in [3.8, 4) is 0 Å². The number of anilines is 1. The van der Waals surface area contributed by atoms with Crippen molar-refractivity contribution >= 4 is 5.69 Å². The molecule has 106 valence electrons. The molecule has 0 saturated heterocycles. The number of fused-ring (bicyclic) bond motifs is 1. The minimum absolute atomic E-state index is 0.0861. The molecule has 0 aliphatic carbocycles. The van der Waals surface area contributed by atoms with Crippen LogP contribution in [0.1, 0.15) is 24.5 Å². The molecule has 2 aromatic rings. The smallest absolute Gasteiger partial charge is 0.196 e. The number of halogens is 3. The van der Waals surface area contributed by atoms with Crippen molar-refractivity contribution in [2.45, 2.75) is 32.4 Å². The van der Waals surface area contributed by atoms with Crippen LogP contribution in [-0.4, -0.2) is 14.8 Å². The standard InChI is InChI=1S/C13H13F3N4/c14-8-4-5-9(13(16)12(8)15)17-7-11-19-18-10-3-1-2-6-20(10)11/h4-5,17H,1-3,6-7H2. The predicted molar refractivity (Wildman–Crippen MR) is 66.6 cm³/mol. The molecule has 1 N–H and O–H groups in total. The Morgan fingerprint density at radius 3 is 2.80 bits per heavy atom. The molecule has 1 aromatic heterocycles. The monoisotopic (exact) mass is 282 g/mol. The van der Waals surface area contributed by atoms with Crippen LogP contribution in [0.15, 0.2) is 12.1 Å². The lowest BCUT2D eigenvalue weighted by Gasteiger charge is -2.15. The lowest BCUT2D eigenvalue weighted by atomic mass is 10.2. The lowest BCUT2D eigenvalue weighted by molar-refractivity contribution is 0.448. The molecule has 0 spiro atoms. The molecule has 1 aromatic carbocycles. The highest BCUT2D eigenvalue weighted by Gasteiger charge is 2.17. The van der Waals surface area contributed by atoms with Gasteiger partial charge in [0.1, 0.15) is 5.82 Å². The summed E-state index contributed by atoms with van der Waals surface area (Å²) in [6, 6.07) is 2.06. The molecular weight excluding hydrogens is 269 g/mol. The van der Waals surface area contributed by atoms with Crippen molar-refractivity contribution in [1.29, 1.82) is 0 Å². The summed E-state index contributed by atoms with van der Waals surface area (Å²) in [5.74, 6) is -2.31. The van der Waals surface area contributed by atoms with Crippen LogP contribution in [0.5, 0.6) is 0 Å². The SMILES string of the molecule is Fc1ccc(NCc2nnc3n2CCCC3)c(F)c1F. The third kappa shape index (κ3) is 2.23. The zero-order valence-corrected chi connectivity index (χ0v) is 10.7. The van der Waals surface area contributed by atoms with Crippen molar-refractivity contribution < 1.29 is 13.2 Å². The van der Waals surface area contributed by atoms with E-state index in [0.717, 1.165) is 37.7 Å². The molecule has 0 unspecified atom stereocenters. The fraction of sp³-hybridized carbons (Fsp3) is 0.385. The van der Waals surface area contributed by atoms with Crippen LogP contribution in [0.4, 0.5) is 18.9 Å². The lowest BCUT2D eigenvalue weighted by Crippen LogP contribution is -2.15. The van der Waals surface area contributed by atoms with Gasteiger partial charge in [-0.15, -0.1) is 10.2 Å². The first kappa shape index (κ1) is 13.0. The molecule has 0 bridgehead atoms. The van der Waals surface area contributed by atoms with Crippen molar-refractivity contribution in [2.75, 3.05) is 5.32 Å². The van der Waals surface area contributed by atoms with Crippen molar-refractivity contribution in [3.05, 3.63) is 41.2 Å². The van der Waals surface area contributed by atoms with Crippen LogP contribution in [0.3, 0.4) is 0 Å². The minimum atomic E-state index is -1.47. The Labute approximate surface area is 113 Å². The van der Waals surface area contributed by atoms with Gasteiger partial charge in [-0.3, -0.25) is 0 Å². The molecule has 0 amide bonds. The molecule has 0 atom stereocenters. The highest BCUT2D eigenvalue weighted by Crippen LogP contribution is 2.21. The number of rotatable bonds is 3. The summed E-state index contributed by atoms with van der Waals surface area (Å²) in [6.07, 6.45) is 3.02. The maximum Gasteiger partial charge on any atom is 0.196 e. The highest BCUT2D eigenvalue weighted by atomic mass is 19.2. The summed E-state index contributed by atoms with van der Waals surface area (Å²) in [7, 11) is 0. The van der Waals surface area contributed by atoms with Crippen LogP contribution >= 0.6 is 0 Å². The highest BCUT2D eigenvalue weighted by molar-refractivity contribution is 5.45. The summed E-state index contributed by atoms with van der Waals surface area (Å²) in [4.78, 5) is 0. The normalized spacial score (nSPS) is 14.2. The number of hydrogen-bond acceptors (Lipinski definition) is 3. The molecule has 0 radical (unpaired) electrons. The van der Waals surface area contributed by atoms with Crippen LogP contribution in [-0.2, 0) is 19.5 Å². The van der Waals surface area contributed by atoms with Gasteiger partial charge in [0.25, 0.3) is 0 Å². The minimum Gasteiger partial charge on any atom is -0.375 e. The van der Waals surface area contributed by atoms with Crippen molar-refractivity contribution in [2.24, 2.45) is 0 Å². The fourth-order valence-corrected chi connectivity index (χ4v) is 2.34. The fourth-order valence-electron chi connectivity index (χ4n) is 2.34. The van der Waals surface area contributed by atoms with E-state index in [1.807, 2.05) is 4.57 Å². The van der Waals surface area contributed by atoms with E-state index in [1.165, 1.54) is 6.07 Å². The summed E-state index contributed by atoms with van der Waals surface area (Å²) in [5.41, 5.74) is -0.0861. The number of aryl methyl sites for hydroxylation is 1. The molecule has 7 heteroatoms. The van der Waals surface area contributed by atoms with Gasteiger partial charge in [-0.2, -0.15) is 0 Å². The number of aromatic nitrogens is 3. The number of hydrogen-bond donors (Lipinski definition) is 1. The molecule has 4 nitrogen and oxygen atoms in total.